The van der Waals surface area contributed by atoms with Crippen molar-refractivity contribution in [1.29, 1.82) is 0 Å². The van der Waals surface area contributed by atoms with Crippen LogP contribution in [0.4, 0.5) is 13.2 Å². The van der Waals surface area contributed by atoms with Crippen LogP contribution in [-0.2, 0) is 13.2 Å². The molecule has 4 rings (SSSR count). The standard InChI is InChI=1S/C18H16F3N5S/c1-3-27-17-15(23-10-6-4-5-7-11(10)25-17)16-24-12-8-14(18(19,20)21)22-9-13(12)26(16)2/h4-10,23H,3H2,1-2H3. The van der Waals surface area contributed by atoms with E-state index in [1.165, 1.54) is 6.20 Å². The summed E-state index contributed by atoms with van der Waals surface area (Å²) in [5, 5.41) is 4.19. The number of nitrogens with one attached hydrogen (secondary N) is 1. The number of fused-ring (bicyclic) bond motifs is 2. The number of aryl methyl sites for hydroxylation is 1. The number of hydrogen-bond donors (Lipinski definition) is 1. The predicted molar refractivity (Wildman–Crippen MR) is 101 cm³/mol. The van der Waals surface area contributed by atoms with Crippen LogP contribution in [-0.4, -0.2) is 32.0 Å². The van der Waals surface area contributed by atoms with Gasteiger partial charge < -0.3 is 9.88 Å². The van der Waals surface area contributed by atoms with E-state index in [1.54, 1.807) is 23.4 Å². The summed E-state index contributed by atoms with van der Waals surface area (Å²) in [5.74, 6) is 1.35. The first-order valence-corrected chi connectivity index (χ1v) is 9.34. The van der Waals surface area contributed by atoms with Crippen molar-refractivity contribution in [2.45, 2.75) is 19.1 Å². The molecule has 1 N–H and O–H groups in total. The minimum absolute atomic E-state index is 0.0881. The van der Waals surface area contributed by atoms with Crippen molar-refractivity contribution in [1.82, 2.24) is 19.9 Å². The fraction of sp³-hybridized carbons (Fsp3) is 0.278. The number of aliphatic imine (C=N–C) groups is 1. The molecule has 1 atom stereocenters. The van der Waals surface area contributed by atoms with Crippen LogP contribution in [0.15, 0.2) is 46.6 Å². The molecule has 0 aromatic carbocycles. The molecule has 0 saturated heterocycles. The molecule has 0 bridgehead atoms. The molecule has 5 nitrogen and oxygen atoms in total. The maximum absolute atomic E-state index is 13.0. The zero-order chi connectivity index (χ0) is 19.2. The lowest BCUT2D eigenvalue weighted by Crippen LogP contribution is -2.37. The van der Waals surface area contributed by atoms with Crippen molar-refractivity contribution in [2.24, 2.45) is 12.0 Å². The molecule has 1 unspecified atom stereocenters. The van der Waals surface area contributed by atoms with Crippen LogP contribution in [0.5, 0.6) is 0 Å². The largest absolute Gasteiger partial charge is 0.433 e. The first kappa shape index (κ1) is 17.8. The van der Waals surface area contributed by atoms with Gasteiger partial charge in [0.1, 0.15) is 16.4 Å². The molecule has 140 valence electrons. The van der Waals surface area contributed by atoms with Crippen molar-refractivity contribution in [3.8, 4) is 0 Å². The lowest BCUT2D eigenvalue weighted by Gasteiger charge is -2.26. The average Bonchev–Trinajstić information content (AvgIpc) is 2.97. The van der Waals surface area contributed by atoms with E-state index in [2.05, 4.69) is 15.3 Å². The van der Waals surface area contributed by atoms with Gasteiger partial charge in [-0.2, -0.15) is 13.2 Å². The fourth-order valence-corrected chi connectivity index (χ4v) is 3.76. The lowest BCUT2D eigenvalue weighted by molar-refractivity contribution is -0.141. The third-order valence-electron chi connectivity index (χ3n) is 4.31. The topological polar surface area (TPSA) is 55.1 Å². The highest BCUT2D eigenvalue weighted by Crippen LogP contribution is 2.33. The molecule has 0 spiro atoms. The van der Waals surface area contributed by atoms with Crippen molar-refractivity contribution < 1.29 is 13.2 Å². The van der Waals surface area contributed by atoms with E-state index >= 15 is 0 Å². The molecule has 2 aromatic heterocycles. The molecule has 3 heterocycles. The van der Waals surface area contributed by atoms with Gasteiger partial charge in [-0.15, -0.1) is 11.8 Å². The number of pyridine rings is 1. The summed E-state index contributed by atoms with van der Waals surface area (Å²) in [6.45, 7) is 2.02. The second-order valence-corrected chi connectivity index (χ2v) is 7.32. The molecular formula is C18H16F3N5S. The van der Waals surface area contributed by atoms with Crippen LogP contribution >= 0.6 is 11.8 Å². The van der Waals surface area contributed by atoms with Crippen LogP contribution in [0.25, 0.3) is 16.7 Å². The summed E-state index contributed by atoms with van der Waals surface area (Å²) >= 11 is 1.56. The number of nitrogens with zero attached hydrogens (tertiary/aromatic N) is 4. The van der Waals surface area contributed by atoms with E-state index < -0.39 is 11.9 Å². The number of imidazole rings is 1. The van der Waals surface area contributed by atoms with E-state index in [0.717, 1.165) is 22.6 Å². The number of rotatable bonds is 3. The van der Waals surface area contributed by atoms with Crippen LogP contribution in [0.3, 0.4) is 0 Å². The highest BCUT2D eigenvalue weighted by molar-refractivity contribution is 8.03. The number of thioether (sulfide) groups is 1. The molecule has 1 aliphatic heterocycles. The average molecular weight is 391 g/mol. The maximum atomic E-state index is 13.0. The molecule has 0 radical (unpaired) electrons. The Hall–Kier alpha value is -2.55. The van der Waals surface area contributed by atoms with Crippen LogP contribution in [0.1, 0.15) is 18.4 Å². The number of allylic oxidation sites excluding steroid dienone is 2. The van der Waals surface area contributed by atoms with Gasteiger partial charge in [-0.3, -0.25) is 0 Å². The summed E-state index contributed by atoms with van der Waals surface area (Å²) in [6, 6.07) is 0.891. The fourth-order valence-electron chi connectivity index (χ4n) is 3.02. The zero-order valence-electron chi connectivity index (χ0n) is 14.6. The van der Waals surface area contributed by atoms with Gasteiger partial charge in [0.15, 0.2) is 5.82 Å². The highest BCUT2D eigenvalue weighted by Gasteiger charge is 2.33. The Bertz CT molecular complexity index is 1030. The van der Waals surface area contributed by atoms with Gasteiger partial charge >= 0.3 is 6.18 Å². The van der Waals surface area contributed by atoms with Gasteiger partial charge in [0.05, 0.1) is 29.0 Å². The molecular weight excluding hydrogens is 375 g/mol. The summed E-state index contributed by atoms with van der Waals surface area (Å²) < 4.78 is 40.7. The van der Waals surface area contributed by atoms with Gasteiger partial charge in [0, 0.05) is 7.05 Å². The highest BCUT2D eigenvalue weighted by atomic mass is 32.2. The van der Waals surface area contributed by atoms with Gasteiger partial charge in [0.2, 0.25) is 0 Å². The third kappa shape index (κ3) is 3.16. The first-order valence-electron chi connectivity index (χ1n) is 8.35. The summed E-state index contributed by atoms with van der Waals surface area (Å²) in [5.41, 5.74) is 1.44. The maximum Gasteiger partial charge on any atom is 0.433 e. The number of halogens is 3. The monoisotopic (exact) mass is 391 g/mol. The molecule has 1 aliphatic carbocycles. The minimum Gasteiger partial charge on any atom is -0.368 e. The summed E-state index contributed by atoms with van der Waals surface area (Å²) in [7, 11) is 1.76. The van der Waals surface area contributed by atoms with Crippen molar-refractivity contribution in [3.63, 3.8) is 0 Å². The molecule has 9 heteroatoms. The smallest absolute Gasteiger partial charge is 0.368 e. The second-order valence-electron chi connectivity index (χ2n) is 6.07. The summed E-state index contributed by atoms with van der Waals surface area (Å²) in [6.07, 6.45) is 4.49. The lowest BCUT2D eigenvalue weighted by atomic mass is 10.0. The normalized spacial score (nSPS) is 19.3. The van der Waals surface area contributed by atoms with Gasteiger partial charge in [-0.25, -0.2) is 15.0 Å². The quantitative estimate of drug-likeness (QED) is 0.862. The van der Waals surface area contributed by atoms with E-state index in [9.17, 15) is 13.2 Å². The first-order chi connectivity index (χ1) is 12.9. The van der Waals surface area contributed by atoms with Crippen molar-refractivity contribution >= 4 is 34.2 Å². The van der Waals surface area contributed by atoms with Crippen LogP contribution in [0.2, 0.25) is 0 Å². The Morgan fingerprint density at radius 2 is 2.11 bits per heavy atom. The third-order valence-corrected chi connectivity index (χ3v) is 5.16. The number of hydrogen-bond acceptors (Lipinski definition) is 5. The van der Waals surface area contributed by atoms with E-state index in [1.807, 2.05) is 31.2 Å². The van der Waals surface area contributed by atoms with E-state index in [0.29, 0.717) is 17.0 Å². The minimum atomic E-state index is -4.50. The molecule has 0 fully saturated rings. The molecule has 0 saturated carbocycles. The second kappa shape index (κ2) is 6.56. The number of alkyl halides is 3. The van der Waals surface area contributed by atoms with Gasteiger partial charge in [-0.1, -0.05) is 25.2 Å². The Morgan fingerprint density at radius 1 is 1.30 bits per heavy atom. The number of aromatic nitrogens is 3. The van der Waals surface area contributed by atoms with Crippen LogP contribution in [0, 0.1) is 0 Å². The predicted octanol–water partition coefficient (Wildman–Crippen LogP) is 3.91. The van der Waals surface area contributed by atoms with E-state index in [-0.39, 0.29) is 11.6 Å². The SMILES string of the molecule is CCSC1=C(c2nc3cc(C(F)(F)F)ncc3n2C)NC2C=CC=CC2=N1. The molecule has 2 aromatic rings. The molecule has 0 amide bonds. The van der Waals surface area contributed by atoms with Crippen LogP contribution < -0.4 is 5.32 Å². The van der Waals surface area contributed by atoms with Crippen molar-refractivity contribution in [3.05, 3.63) is 53.1 Å². The Morgan fingerprint density at radius 3 is 2.85 bits per heavy atom. The Balaban J connectivity index is 1.86. The van der Waals surface area contributed by atoms with Crippen molar-refractivity contribution in [2.75, 3.05) is 5.75 Å². The van der Waals surface area contributed by atoms with E-state index in [4.69, 9.17) is 4.99 Å². The van der Waals surface area contributed by atoms with Gasteiger partial charge in [-0.05, 0) is 17.9 Å². The molecule has 2 aliphatic rings. The van der Waals surface area contributed by atoms with Gasteiger partial charge in [0.25, 0.3) is 0 Å². The zero-order valence-corrected chi connectivity index (χ0v) is 15.4. The summed E-state index contributed by atoms with van der Waals surface area (Å²) in [4.78, 5) is 12.7. The molecule has 27 heavy (non-hydrogen) atoms. The Kier molecular flexibility index (Phi) is 4.33. The Labute approximate surface area is 157 Å².